The van der Waals surface area contributed by atoms with E-state index in [1.807, 2.05) is 20.8 Å². The van der Waals surface area contributed by atoms with E-state index >= 15 is 0 Å². The maximum Gasteiger partial charge on any atom is 0.315 e. The Hall–Kier alpha value is -2.73. The number of rotatable bonds is 6. The molecule has 2 N–H and O–H groups in total. The van der Waals surface area contributed by atoms with Gasteiger partial charge in [-0.05, 0) is 69.9 Å². The third-order valence-corrected chi connectivity index (χ3v) is 5.81. The summed E-state index contributed by atoms with van der Waals surface area (Å²) in [4.78, 5) is 15.1. The van der Waals surface area contributed by atoms with Gasteiger partial charge in [0.1, 0.15) is 0 Å². The highest BCUT2D eigenvalue weighted by Crippen LogP contribution is 2.40. The highest BCUT2D eigenvalue weighted by atomic mass is 16.5. The fraction of sp³-hybridized carbons (Fsp3) is 0.500. The molecule has 6 nitrogen and oxygen atoms in total. The molecule has 1 aliphatic heterocycles. The minimum atomic E-state index is -0.299. The van der Waals surface area contributed by atoms with Gasteiger partial charge in [-0.25, -0.2) is 4.79 Å². The van der Waals surface area contributed by atoms with Gasteiger partial charge in [-0.3, -0.25) is 4.90 Å². The van der Waals surface area contributed by atoms with Gasteiger partial charge in [-0.2, -0.15) is 0 Å². The SMILES string of the molecule is COc1cc2c(cc1OC)[C@@H]([C@H](C)NC(=O)NC(C)(C)C)N(Cc1cccc(C)c1)CC2. The van der Waals surface area contributed by atoms with Crippen molar-refractivity contribution in [3.05, 3.63) is 58.7 Å². The fourth-order valence-corrected chi connectivity index (χ4v) is 4.50. The van der Waals surface area contributed by atoms with Crippen LogP contribution in [0.2, 0.25) is 0 Å². The smallest absolute Gasteiger partial charge is 0.315 e. The minimum absolute atomic E-state index is 0.00443. The van der Waals surface area contributed by atoms with Crippen molar-refractivity contribution >= 4 is 6.03 Å². The molecular weight excluding hydrogens is 402 g/mol. The predicted molar refractivity (Wildman–Crippen MR) is 128 cm³/mol. The summed E-state index contributed by atoms with van der Waals surface area (Å²) >= 11 is 0. The molecule has 0 fully saturated rings. The van der Waals surface area contributed by atoms with Gasteiger partial charge in [-0.1, -0.05) is 29.8 Å². The summed E-state index contributed by atoms with van der Waals surface area (Å²) in [5, 5.41) is 6.19. The Balaban J connectivity index is 1.96. The molecule has 2 atom stereocenters. The third-order valence-electron chi connectivity index (χ3n) is 5.81. The average Bonchev–Trinajstić information content (AvgIpc) is 2.71. The van der Waals surface area contributed by atoms with E-state index in [-0.39, 0.29) is 23.7 Å². The summed E-state index contributed by atoms with van der Waals surface area (Å²) in [6, 6.07) is 12.5. The third kappa shape index (κ3) is 5.74. The molecule has 0 saturated heterocycles. The van der Waals surface area contributed by atoms with Crippen LogP contribution in [0.3, 0.4) is 0 Å². The van der Waals surface area contributed by atoms with Gasteiger partial charge >= 0.3 is 6.03 Å². The molecular formula is C26H37N3O3. The number of aryl methyl sites for hydroxylation is 1. The predicted octanol–water partition coefficient (Wildman–Crippen LogP) is 4.60. The maximum absolute atomic E-state index is 12.7. The molecule has 0 aromatic heterocycles. The number of amides is 2. The van der Waals surface area contributed by atoms with E-state index in [0.29, 0.717) is 5.75 Å². The Morgan fingerprint density at radius 2 is 1.84 bits per heavy atom. The summed E-state index contributed by atoms with van der Waals surface area (Å²) in [7, 11) is 3.32. The molecule has 1 aliphatic rings. The lowest BCUT2D eigenvalue weighted by molar-refractivity contribution is 0.142. The van der Waals surface area contributed by atoms with Crippen molar-refractivity contribution in [2.45, 2.75) is 65.2 Å². The van der Waals surface area contributed by atoms with Gasteiger partial charge in [0.2, 0.25) is 0 Å². The second-order valence-electron chi connectivity index (χ2n) is 9.70. The molecule has 174 valence electrons. The van der Waals surface area contributed by atoms with Crippen molar-refractivity contribution < 1.29 is 14.3 Å². The molecule has 0 aliphatic carbocycles. The van der Waals surface area contributed by atoms with Crippen LogP contribution in [-0.4, -0.2) is 43.3 Å². The van der Waals surface area contributed by atoms with Gasteiger partial charge < -0.3 is 20.1 Å². The normalized spacial score (nSPS) is 17.3. The number of benzene rings is 2. The number of nitrogens with zero attached hydrogens (tertiary/aromatic N) is 1. The number of hydrogen-bond acceptors (Lipinski definition) is 4. The van der Waals surface area contributed by atoms with Gasteiger partial charge in [-0.15, -0.1) is 0 Å². The van der Waals surface area contributed by atoms with Gasteiger partial charge in [0.05, 0.1) is 20.3 Å². The van der Waals surface area contributed by atoms with E-state index in [0.717, 1.165) is 25.3 Å². The molecule has 0 saturated carbocycles. The minimum Gasteiger partial charge on any atom is -0.493 e. The Morgan fingerprint density at radius 1 is 1.16 bits per heavy atom. The summed E-state index contributed by atoms with van der Waals surface area (Å²) in [5.41, 5.74) is 4.62. The van der Waals surface area contributed by atoms with E-state index in [4.69, 9.17) is 9.47 Å². The van der Waals surface area contributed by atoms with Gasteiger partial charge in [0.25, 0.3) is 0 Å². The van der Waals surface area contributed by atoms with Crippen molar-refractivity contribution in [2.24, 2.45) is 0 Å². The van der Waals surface area contributed by atoms with Crippen molar-refractivity contribution in [3.8, 4) is 11.5 Å². The Morgan fingerprint density at radius 3 is 2.47 bits per heavy atom. The molecule has 0 spiro atoms. The standard InChI is InChI=1S/C26H37N3O3/c1-17-9-8-10-19(13-17)16-29-12-11-20-14-22(31-6)23(32-7)15-21(20)24(29)18(2)27-25(30)28-26(3,4)5/h8-10,13-15,18,24H,11-12,16H2,1-7H3,(H2,27,28,30)/t18-,24+/m0/s1. The van der Waals surface area contributed by atoms with Crippen LogP contribution < -0.4 is 20.1 Å². The number of carbonyl (C=O) groups excluding carboxylic acids is 1. The van der Waals surface area contributed by atoms with Crippen molar-refractivity contribution in [1.29, 1.82) is 0 Å². The molecule has 2 amide bonds. The van der Waals surface area contributed by atoms with E-state index in [2.05, 4.69) is 65.8 Å². The first kappa shape index (κ1) is 23.9. The zero-order valence-electron chi connectivity index (χ0n) is 20.4. The number of ether oxygens (including phenoxy) is 2. The number of carbonyl (C=O) groups is 1. The topological polar surface area (TPSA) is 62.8 Å². The Kier molecular flexibility index (Phi) is 7.34. The second kappa shape index (κ2) is 9.82. The molecule has 0 bridgehead atoms. The number of nitrogens with one attached hydrogen (secondary N) is 2. The van der Waals surface area contributed by atoms with E-state index < -0.39 is 0 Å². The first-order valence-electron chi connectivity index (χ1n) is 11.2. The highest BCUT2D eigenvalue weighted by molar-refractivity contribution is 5.75. The van der Waals surface area contributed by atoms with E-state index in [9.17, 15) is 4.79 Å². The lowest BCUT2D eigenvalue weighted by Gasteiger charge is -2.41. The zero-order chi connectivity index (χ0) is 23.5. The monoisotopic (exact) mass is 439 g/mol. The summed E-state index contributed by atoms with van der Waals surface area (Å²) in [5.74, 6) is 1.45. The molecule has 6 heteroatoms. The van der Waals surface area contributed by atoms with Crippen molar-refractivity contribution in [1.82, 2.24) is 15.5 Å². The van der Waals surface area contributed by atoms with E-state index in [1.54, 1.807) is 14.2 Å². The first-order chi connectivity index (χ1) is 15.1. The van der Waals surface area contributed by atoms with Crippen molar-refractivity contribution in [3.63, 3.8) is 0 Å². The van der Waals surface area contributed by atoms with Crippen LogP contribution in [-0.2, 0) is 13.0 Å². The molecule has 32 heavy (non-hydrogen) atoms. The van der Waals surface area contributed by atoms with Gasteiger partial charge in [0.15, 0.2) is 11.5 Å². The van der Waals surface area contributed by atoms with Gasteiger partial charge in [0, 0.05) is 24.7 Å². The lowest BCUT2D eigenvalue weighted by Crippen LogP contribution is -2.53. The molecule has 1 heterocycles. The second-order valence-corrected chi connectivity index (χ2v) is 9.70. The number of methoxy groups -OCH3 is 2. The molecule has 3 rings (SSSR count). The fourth-order valence-electron chi connectivity index (χ4n) is 4.50. The van der Waals surface area contributed by atoms with Crippen LogP contribution in [0, 0.1) is 6.92 Å². The zero-order valence-corrected chi connectivity index (χ0v) is 20.4. The van der Waals surface area contributed by atoms with Crippen molar-refractivity contribution in [2.75, 3.05) is 20.8 Å². The van der Waals surface area contributed by atoms with Crippen LogP contribution in [0.5, 0.6) is 11.5 Å². The molecule has 2 aromatic carbocycles. The highest BCUT2D eigenvalue weighted by Gasteiger charge is 2.34. The number of urea groups is 1. The van der Waals surface area contributed by atoms with Crippen LogP contribution in [0.1, 0.15) is 56.0 Å². The summed E-state index contributed by atoms with van der Waals surface area (Å²) in [6.45, 7) is 11.8. The van der Waals surface area contributed by atoms with Crippen LogP contribution in [0.4, 0.5) is 4.79 Å². The molecule has 0 unspecified atom stereocenters. The maximum atomic E-state index is 12.7. The summed E-state index contributed by atoms with van der Waals surface area (Å²) < 4.78 is 11.1. The number of fused-ring (bicyclic) bond motifs is 1. The molecule has 0 radical (unpaired) electrons. The Bertz CT molecular complexity index is 952. The molecule has 2 aromatic rings. The first-order valence-corrected chi connectivity index (χ1v) is 11.2. The largest absolute Gasteiger partial charge is 0.493 e. The average molecular weight is 440 g/mol. The van der Waals surface area contributed by atoms with E-state index in [1.165, 1.54) is 22.3 Å². The van der Waals surface area contributed by atoms with Crippen LogP contribution >= 0.6 is 0 Å². The quantitative estimate of drug-likeness (QED) is 0.691. The van der Waals surface area contributed by atoms with Crippen LogP contribution in [0.25, 0.3) is 0 Å². The Labute approximate surface area is 192 Å². The lowest BCUT2D eigenvalue weighted by atomic mass is 9.87. The summed E-state index contributed by atoms with van der Waals surface area (Å²) in [6.07, 6.45) is 0.916. The van der Waals surface area contributed by atoms with Crippen LogP contribution in [0.15, 0.2) is 36.4 Å². The number of hydrogen-bond donors (Lipinski definition) is 2.